The molecule has 2 unspecified atom stereocenters. The van der Waals surface area contributed by atoms with Gasteiger partial charge in [0.1, 0.15) is 5.78 Å². The Hall–Kier alpha value is -3.31. The highest BCUT2D eigenvalue weighted by Crippen LogP contribution is 2.34. The van der Waals surface area contributed by atoms with Crippen molar-refractivity contribution >= 4 is 93.8 Å². The molecule has 3 heterocycles. The van der Waals surface area contributed by atoms with Crippen LogP contribution in [0.1, 0.15) is 68.1 Å². The lowest BCUT2D eigenvalue weighted by molar-refractivity contribution is -0.134. The summed E-state index contributed by atoms with van der Waals surface area (Å²) in [4.78, 5) is 55.5. The number of hydrogen-bond acceptors (Lipinski definition) is 6. The Labute approximate surface area is 358 Å². The van der Waals surface area contributed by atoms with Gasteiger partial charge in [0.15, 0.2) is 5.78 Å². The van der Waals surface area contributed by atoms with E-state index in [0.29, 0.717) is 66.2 Å². The van der Waals surface area contributed by atoms with Crippen LogP contribution in [0, 0.1) is 5.92 Å². The molecule has 1 saturated carbocycles. The lowest BCUT2D eigenvalue weighted by Gasteiger charge is -2.36. The quantitative estimate of drug-likeness (QED) is 0.0899. The van der Waals surface area contributed by atoms with Crippen LogP contribution in [-0.2, 0) is 20.8 Å². The zero-order chi connectivity index (χ0) is 40.1. The maximum absolute atomic E-state index is 14.7. The number of carbonyl (C=O) groups excluding carboxylic acids is 4. The smallest absolute Gasteiger partial charge is 0.315 e. The van der Waals surface area contributed by atoms with Crippen molar-refractivity contribution in [1.29, 1.82) is 0 Å². The summed E-state index contributed by atoms with van der Waals surface area (Å²) in [6.07, 6.45) is 10.6. The third-order valence-electron chi connectivity index (χ3n) is 11.5. The van der Waals surface area contributed by atoms with Crippen LogP contribution in [0.3, 0.4) is 0 Å². The van der Waals surface area contributed by atoms with Crippen LogP contribution in [0.15, 0.2) is 77.9 Å². The number of piperidine rings is 1. The van der Waals surface area contributed by atoms with Crippen LogP contribution in [-0.4, -0.2) is 76.7 Å². The molecule has 3 amide bonds. The number of halogens is 4. The number of nitrogens with zero attached hydrogens (tertiary/aromatic N) is 1. The fourth-order valence-corrected chi connectivity index (χ4v) is 10.6. The standard InChI is InChI=1S/C44H46Cl4N4O4S/c45-33-16-10-27(20-35(33)47)18-30-23-52(24-31(42(30)54)19-28-11-17-34(46)36(48)21-28)43(55)37(22-26-6-2-1-3-7-26)49-32-14-12-29(13-15-32)39(53)8-4-5-9-40-41-38(25-57-40)50-44(56)51-41/h1-3,6-7,10-11,16-21,29,32,37-38,40-41,49H,4-5,8-9,12-15,22-25H2,(H2,50,51,56)/b30-18+,31-19+/t29?,32?,37-,38?,40-,41?/m0/s1. The fourth-order valence-electron chi connectivity index (χ4n) is 8.45. The summed E-state index contributed by atoms with van der Waals surface area (Å²) in [5.41, 5.74) is 3.32. The summed E-state index contributed by atoms with van der Waals surface area (Å²) in [7, 11) is 0. The maximum Gasteiger partial charge on any atom is 0.315 e. The molecule has 0 bridgehead atoms. The highest BCUT2D eigenvalue weighted by Gasteiger charge is 2.42. The van der Waals surface area contributed by atoms with Gasteiger partial charge in [-0.1, -0.05) is 95.3 Å². The molecule has 4 aliphatic rings. The van der Waals surface area contributed by atoms with E-state index in [0.717, 1.165) is 56.3 Å². The molecule has 0 aromatic heterocycles. The van der Waals surface area contributed by atoms with Crippen molar-refractivity contribution in [3.63, 3.8) is 0 Å². The number of carbonyl (C=O) groups is 4. The molecule has 4 atom stereocenters. The Bertz CT molecular complexity index is 1980. The first kappa shape index (κ1) is 41.8. The van der Waals surface area contributed by atoms with E-state index >= 15 is 0 Å². The fraction of sp³-hybridized carbons (Fsp3) is 0.409. The number of rotatable bonds is 13. The normalized spacial score (nSPS) is 25.3. The Kier molecular flexibility index (Phi) is 14.1. The van der Waals surface area contributed by atoms with Gasteiger partial charge in [-0.25, -0.2) is 4.79 Å². The van der Waals surface area contributed by atoms with Gasteiger partial charge in [-0.3, -0.25) is 14.4 Å². The van der Waals surface area contributed by atoms with E-state index in [1.54, 1.807) is 53.5 Å². The van der Waals surface area contributed by atoms with Gasteiger partial charge in [0.05, 0.1) is 38.2 Å². The van der Waals surface area contributed by atoms with Crippen LogP contribution in [0.25, 0.3) is 12.2 Å². The van der Waals surface area contributed by atoms with E-state index < -0.39 is 6.04 Å². The molecule has 3 aliphatic heterocycles. The highest BCUT2D eigenvalue weighted by atomic mass is 35.5. The molecule has 3 aromatic carbocycles. The molecule has 13 heteroatoms. The van der Waals surface area contributed by atoms with Gasteiger partial charge in [0.25, 0.3) is 0 Å². The van der Waals surface area contributed by atoms with Gasteiger partial charge in [-0.15, -0.1) is 0 Å². The molecule has 3 saturated heterocycles. The average molecular weight is 869 g/mol. The number of unbranched alkanes of at least 4 members (excludes halogenated alkanes) is 1. The summed E-state index contributed by atoms with van der Waals surface area (Å²) < 4.78 is 0. The summed E-state index contributed by atoms with van der Waals surface area (Å²) >= 11 is 26.9. The van der Waals surface area contributed by atoms with E-state index in [1.165, 1.54) is 0 Å². The zero-order valence-electron chi connectivity index (χ0n) is 31.5. The third-order valence-corrected chi connectivity index (χ3v) is 14.5. The Morgan fingerprint density at radius 2 is 1.44 bits per heavy atom. The topological polar surface area (TPSA) is 108 Å². The van der Waals surface area contributed by atoms with Crippen LogP contribution in [0.4, 0.5) is 4.79 Å². The Balaban J connectivity index is 1.02. The summed E-state index contributed by atoms with van der Waals surface area (Å²) in [5, 5.41) is 11.7. The van der Waals surface area contributed by atoms with E-state index in [-0.39, 0.29) is 54.9 Å². The van der Waals surface area contributed by atoms with Crippen LogP contribution in [0.2, 0.25) is 20.1 Å². The molecule has 300 valence electrons. The molecule has 3 aromatic rings. The molecule has 8 nitrogen and oxygen atoms in total. The number of amides is 3. The molecule has 4 fully saturated rings. The Morgan fingerprint density at radius 3 is 2.05 bits per heavy atom. The lowest BCUT2D eigenvalue weighted by Crippen LogP contribution is -2.54. The van der Waals surface area contributed by atoms with Gasteiger partial charge >= 0.3 is 6.03 Å². The van der Waals surface area contributed by atoms with Crippen molar-refractivity contribution in [2.24, 2.45) is 5.92 Å². The number of fused-ring (bicyclic) bond motifs is 1. The molecule has 0 radical (unpaired) electrons. The molecular formula is C44H46Cl4N4O4S. The minimum absolute atomic E-state index is 0.0334. The summed E-state index contributed by atoms with van der Waals surface area (Å²) in [6, 6.07) is 20.1. The predicted molar refractivity (Wildman–Crippen MR) is 232 cm³/mol. The SMILES string of the molecule is O=C1NC2CS[C@@H](CCCCC(=O)C3CCC(N[C@@H](Cc4ccccc4)C(=O)N4C/C(=C\c5ccc(Cl)c(Cl)c5)C(=O)/C(=C/c5ccc(Cl)c(Cl)c5)C4)CC3)C2N1. The zero-order valence-corrected chi connectivity index (χ0v) is 35.3. The predicted octanol–water partition coefficient (Wildman–Crippen LogP) is 9.23. The van der Waals surface area contributed by atoms with E-state index in [4.69, 9.17) is 46.4 Å². The van der Waals surface area contributed by atoms with Crippen molar-refractivity contribution in [3.8, 4) is 0 Å². The first-order chi connectivity index (χ1) is 27.5. The summed E-state index contributed by atoms with van der Waals surface area (Å²) in [6.45, 7) is 0.244. The molecule has 0 spiro atoms. The van der Waals surface area contributed by atoms with Gasteiger partial charge in [0.2, 0.25) is 5.91 Å². The van der Waals surface area contributed by atoms with Crippen LogP contribution < -0.4 is 16.0 Å². The monoisotopic (exact) mass is 866 g/mol. The highest BCUT2D eigenvalue weighted by molar-refractivity contribution is 8.00. The number of likely N-dealkylation sites (tertiary alicyclic amines) is 1. The second-order valence-corrected chi connectivity index (χ2v) is 18.4. The summed E-state index contributed by atoms with van der Waals surface area (Å²) in [5.74, 6) is 1.03. The minimum atomic E-state index is -0.553. The molecule has 3 N–H and O–H groups in total. The second kappa shape index (κ2) is 19.2. The van der Waals surface area contributed by atoms with E-state index in [9.17, 15) is 19.2 Å². The first-order valence-electron chi connectivity index (χ1n) is 19.7. The maximum atomic E-state index is 14.7. The van der Waals surface area contributed by atoms with Crippen molar-refractivity contribution in [3.05, 3.63) is 115 Å². The van der Waals surface area contributed by atoms with Crippen molar-refractivity contribution in [2.45, 2.75) is 87.2 Å². The molecular weight excluding hydrogens is 822 g/mol. The van der Waals surface area contributed by atoms with Gasteiger partial charge in [-0.2, -0.15) is 11.8 Å². The largest absolute Gasteiger partial charge is 0.332 e. The number of nitrogens with one attached hydrogen (secondary N) is 3. The van der Waals surface area contributed by atoms with Crippen molar-refractivity contribution in [2.75, 3.05) is 18.8 Å². The van der Waals surface area contributed by atoms with Gasteiger partial charge in [-0.05, 0) is 98.1 Å². The number of ketones is 2. The van der Waals surface area contributed by atoms with E-state index in [2.05, 4.69) is 16.0 Å². The van der Waals surface area contributed by atoms with Crippen LogP contribution in [0.5, 0.6) is 0 Å². The number of thioether (sulfide) groups is 1. The second-order valence-electron chi connectivity index (χ2n) is 15.5. The molecule has 57 heavy (non-hydrogen) atoms. The average Bonchev–Trinajstić information content (AvgIpc) is 3.76. The minimum Gasteiger partial charge on any atom is -0.332 e. The van der Waals surface area contributed by atoms with Crippen molar-refractivity contribution < 1.29 is 19.2 Å². The lowest BCUT2D eigenvalue weighted by atomic mass is 9.81. The van der Waals surface area contributed by atoms with Gasteiger partial charge < -0.3 is 20.9 Å². The number of Topliss-reactive ketones (excluding diaryl/α,β-unsaturated/α-hetero) is 2. The molecule has 1 aliphatic carbocycles. The number of benzene rings is 3. The van der Waals surface area contributed by atoms with Gasteiger partial charge in [0, 0.05) is 53.6 Å². The Morgan fingerprint density at radius 1 is 0.807 bits per heavy atom. The first-order valence-corrected chi connectivity index (χ1v) is 22.2. The van der Waals surface area contributed by atoms with E-state index in [1.807, 2.05) is 42.1 Å². The third kappa shape index (κ3) is 10.7. The van der Waals surface area contributed by atoms with Crippen molar-refractivity contribution in [1.82, 2.24) is 20.9 Å². The number of hydrogen-bond donors (Lipinski definition) is 3. The van der Waals surface area contributed by atoms with Crippen LogP contribution >= 0.6 is 58.2 Å². The molecule has 7 rings (SSSR count). The number of urea groups is 1.